The molecule has 0 saturated heterocycles. The predicted molar refractivity (Wildman–Crippen MR) is 58.0 cm³/mol. The van der Waals surface area contributed by atoms with Gasteiger partial charge in [0.05, 0.1) is 5.69 Å². The second-order valence-electron chi connectivity index (χ2n) is 3.51. The summed E-state index contributed by atoms with van der Waals surface area (Å²) in [5.74, 6) is -0.181. The normalized spacial score (nSPS) is 10.3. The summed E-state index contributed by atoms with van der Waals surface area (Å²) in [6.07, 6.45) is 0.854. The molecule has 0 aliphatic carbocycles. The SMILES string of the molecule is Cc1cc(C)c(NCCCN)c(F)c1. The van der Waals surface area contributed by atoms with Gasteiger partial charge in [-0.2, -0.15) is 0 Å². The highest BCUT2D eigenvalue weighted by atomic mass is 19.1. The highest BCUT2D eigenvalue weighted by molar-refractivity contribution is 5.53. The Morgan fingerprint density at radius 2 is 2.07 bits per heavy atom. The summed E-state index contributed by atoms with van der Waals surface area (Å²) < 4.78 is 13.4. The summed E-state index contributed by atoms with van der Waals surface area (Å²) in [6.45, 7) is 5.14. The first kappa shape index (κ1) is 11.0. The van der Waals surface area contributed by atoms with Crippen molar-refractivity contribution in [2.24, 2.45) is 5.73 Å². The van der Waals surface area contributed by atoms with E-state index in [2.05, 4.69) is 5.32 Å². The summed E-state index contributed by atoms with van der Waals surface area (Å²) in [6, 6.07) is 3.51. The van der Waals surface area contributed by atoms with Crippen molar-refractivity contribution in [3.63, 3.8) is 0 Å². The fraction of sp³-hybridized carbons (Fsp3) is 0.455. The van der Waals surface area contributed by atoms with Gasteiger partial charge in [0.2, 0.25) is 0 Å². The minimum Gasteiger partial charge on any atom is -0.382 e. The predicted octanol–water partition coefficient (Wildman–Crippen LogP) is 2.20. The van der Waals surface area contributed by atoms with Gasteiger partial charge in [-0.3, -0.25) is 0 Å². The molecule has 0 radical (unpaired) electrons. The number of rotatable bonds is 4. The van der Waals surface area contributed by atoms with Crippen LogP contribution in [-0.2, 0) is 0 Å². The zero-order valence-electron chi connectivity index (χ0n) is 8.73. The van der Waals surface area contributed by atoms with Crippen molar-refractivity contribution in [3.8, 4) is 0 Å². The molecule has 3 heteroatoms. The van der Waals surface area contributed by atoms with Crippen LogP contribution in [0.3, 0.4) is 0 Å². The van der Waals surface area contributed by atoms with Gasteiger partial charge in [-0.1, -0.05) is 6.07 Å². The number of anilines is 1. The summed E-state index contributed by atoms with van der Waals surface area (Å²) in [5.41, 5.74) is 7.85. The molecule has 78 valence electrons. The van der Waals surface area contributed by atoms with Crippen molar-refractivity contribution in [2.75, 3.05) is 18.4 Å². The number of hydrogen-bond acceptors (Lipinski definition) is 2. The second kappa shape index (κ2) is 4.96. The molecule has 0 aliphatic heterocycles. The number of halogens is 1. The van der Waals surface area contributed by atoms with E-state index < -0.39 is 0 Å². The Bertz CT molecular complexity index is 287. The van der Waals surface area contributed by atoms with Crippen LogP contribution < -0.4 is 11.1 Å². The number of hydrogen-bond donors (Lipinski definition) is 2. The first-order valence-electron chi connectivity index (χ1n) is 4.86. The highest BCUT2D eigenvalue weighted by Gasteiger charge is 2.05. The van der Waals surface area contributed by atoms with Gasteiger partial charge in [-0.15, -0.1) is 0 Å². The Morgan fingerprint density at radius 1 is 1.36 bits per heavy atom. The number of benzene rings is 1. The third-order valence-corrected chi connectivity index (χ3v) is 2.11. The monoisotopic (exact) mass is 196 g/mol. The third kappa shape index (κ3) is 2.70. The van der Waals surface area contributed by atoms with Crippen LogP contribution in [0, 0.1) is 19.7 Å². The zero-order valence-corrected chi connectivity index (χ0v) is 8.73. The molecule has 0 atom stereocenters. The van der Waals surface area contributed by atoms with Crippen molar-refractivity contribution in [1.29, 1.82) is 0 Å². The summed E-state index contributed by atoms with van der Waals surface area (Å²) in [5, 5.41) is 3.05. The molecule has 0 fully saturated rings. The lowest BCUT2D eigenvalue weighted by Crippen LogP contribution is -2.10. The molecule has 0 saturated carbocycles. The molecule has 0 spiro atoms. The summed E-state index contributed by atoms with van der Waals surface area (Å²) >= 11 is 0. The molecule has 3 N–H and O–H groups in total. The molecule has 1 rings (SSSR count). The van der Waals surface area contributed by atoms with Crippen molar-refractivity contribution in [1.82, 2.24) is 0 Å². The quantitative estimate of drug-likeness (QED) is 0.724. The minimum atomic E-state index is -0.181. The van der Waals surface area contributed by atoms with Crippen molar-refractivity contribution >= 4 is 5.69 Å². The Labute approximate surface area is 84.3 Å². The Balaban J connectivity index is 2.75. The molecule has 0 bridgehead atoms. The van der Waals surface area contributed by atoms with Gasteiger partial charge in [-0.05, 0) is 44.0 Å². The molecule has 0 aromatic heterocycles. The molecule has 14 heavy (non-hydrogen) atoms. The second-order valence-corrected chi connectivity index (χ2v) is 3.51. The van der Waals surface area contributed by atoms with Crippen molar-refractivity contribution < 1.29 is 4.39 Å². The number of nitrogens with two attached hydrogens (primary N) is 1. The largest absolute Gasteiger partial charge is 0.382 e. The minimum absolute atomic E-state index is 0.181. The van der Waals surface area contributed by atoms with E-state index in [1.165, 1.54) is 6.07 Å². The van der Waals surface area contributed by atoms with E-state index in [1.807, 2.05) is 19.9 Å². The van der Waals surface area contributed by atoms with E-state index in [-0.39, 0.29) is 5.82 Å². The molecule has 0 unspecified atom stereocenters. The van der Waals surface area contributed by atoms with E-state index in [9.17, 15) is 4.39 Å². The molecule has 0 amide bonds. The fourth-order valence-electron chi connectivity index (χ4n) is 1.46. The van der Waals surface area contributed by atoms with Crippen LogP contribution in [0.15, 0.2) is 12.1 Å². The molecular weight excluding hydrogens is 179 g/mol. The van der Waals surface area contributed by atoms with Gasteiger partial charge in [0.25, 0.3) is 0 Å². The molecule has 2 nitrogen and oxygen atoms in total. The van der Waals surface area contributed by atoms with E-state index in [0.29, 0.717) is 12.2 Å². The number of nitrogens with one attached hydrogen (secondary N) is 1. The molecule has 1 aromatic rings. The number of aryl methyl sites for hydroxylation is 2. The van der Waals surface area contributed by atoms with E-state index in [4.69, 9.17) is 5.73 Å². The first-order chi connectivity index (χ1) is 6.65. The first-order valence-corrected chi connectivity index (χ1v) is 4.86. The van der Waals surface area contributed by atoms with E-state index in [0.717, 1.165) is 24.1 Å². The standard InChI is InChI=1S/C11H17FN2/c1-8-6-9(2)11(10(12)7-8)14-5-3-4-13/h6-7,14H,3-5,13H2,1-2H3. The van der Waals surface area contributed by atoms with E-state index in [1.54, 1.807) is 0 Å². The lowest BCUT2D eigenvalue weighted by molar-refractivity contribution is 0.627. The lowest BCUT2D eigenvalue weighted by Gasteiger charge is -2.10. The van der Waals surface area contributed by atoms with Crippen LogP contribution in [0.5, 0.6) is 0 Å². The van der Waals surface area contributed by atoms with Crippen LogP contribution in [-0.4, -0.2) is 13.1 Å². The maximum Gasteiger partial charge on any atom is 0.146 e. The highest BCUT2D eigenvalue weighted by Crippen LogP contribution is 2.20. The van der Waals surface area contributed by atoms with Gasteiger partial charge >= 0.3 is 0 Å². The Hall–Kier alpha value is -1.09. The third-order valence-electron chi connectivity index (χ3n) is 2.11. The summed E-state index contributed by atoms with van der Waals surface area (Å²) in [7, 11) is 0. The molecular formula is C11H17FN2. The average Bonchev–Trinajstić information content (AvgIpc) is 2.09. The van der Waals surface area contributed by atoms with Gasteiger partial charge in [0, 0.05) is 6.54 Å². The van der Waals surface area contributed by atoms with Gasteiger partial charge in [-0.25, -0.2) is 4.39 Å². The fourth-order valence-corrected chi connectivity index (χ4v) is 1.46. The lowest BCUT2D eigenvalue weighted by atomic mass is 10.1. The smallest absolute Gasteiger partial charge is 0.146 e. The Kier molecular flexibility index (Phi) is 3.89. The van der Waals surface area contributed by atoms with Gasteiger partial charge in [0.15, 0.2) is 0 Å². The average molecular weight is 196 g/mol. The molecule has 1 aromatic carbocycles. The van der Waals surface area contributed by atoms with Crippen LogP contribution in [0.4, 0.5) is 10.1 Å². The zero-order chi connectivity index (χ0) is 10.6. The van der Waals surface area contributed by atoms with Crippen LogP contribution in [0.25, 0.3) is 0 Å². The Morgan fingerprint density at radius 3 is 2.64 bits per heavy atom. The molecule has 0 aliphatic rings. The summed E-state index contributed by atoms with van der Waals surface area (Å²) in [4.78, 5) is 0. The van der Waals surface area contributed by atoms with Gasteiger partial charge < -0.3 is 11.1 Å². The maximum absolute atomic E-state index is 13.4. The van der Waals surface area contributed by atoms with Crippen molar-refractivity contribution in [3.05, 3.63) is 29.1 Å². The van der Waals surface area contributed by atoms with Crippen LogP contribution >= 0.6 is 0 Å². The van der Waals surface area contributed by atoms with Crippen LogP contribution in [0.1, 0.15) is 17.5 Å². The van der Waals surface area contributed by atoms with Gasteiger partial charge in [0.1, 0.15) is 5.82 Å². The molecule has 0 heterocycles. The maximum atomic E-state index is 13.4. The van der Waals surface area contributed by atoms with E-state index >= 15 is 0 Å². The van der Waals surface area contributed by atoms with Crippen LogP contribution in [0.2, 0.25) is 0 Å². The topological polar surface area (TPSA) is 38.0 Å². The van der Waals surface area contributed by atoms with Crippen molar-refractivity contribution in [2.45, 2.75) is 20.3 Å².